The van der Waals surface area contributed by atoms with Crippen molar-refractivity contribution >= 4 is 21.5 Å². The predicted molar refractivity (Wildman–Crippen MR) is 127 cm³/mol. The van der Waals surface area contributed by atoms with E-state index in [0.717, 1.165) is 17.7 Å². The molecule has 1 atom stereocenters. The molecule has 2 aliphatic rings. The smallest absolute Gasteiger partial charge is 0.243 e. The molecule has 5 rings (SSSR count). The zero-order valence-electron chi connectivity index (χ0n) is 18.8. The van der Waals surface area contributed by atoms with Gasteiger partial charge in [-0.1, -0.05) is 18.2 Å². The van der Waals surface area contributed by atoms with E-state index in [9.17, 15) is 12.8 Å². The van der Waals surface area contributed by atoms with E-state index in [0.29, 0.717) is 41.9 Å². The Balaban J connectivity index is 1.49. The summed E-state index contributed by atoms with van der Waals surface area (Å²) in [7, 11) is -2.16. The van der Waals surface area contributed by atoms with Crippen molar-refractivity contribution in [3.63, 3.8) is 0 Å². The molecule has 0 radical (unpaired) electrons. The van der Waals surface area contributed by atoms with Crippen molar-refractivity contribution in [2.24, 2.45) is 4.99 Å². The number of fused-ring (bicyclic) bond motifs is 2. The zero-order valence-corrected chi connectivity index (χ0v) is 19.6. The average molecular weight is 482 g/mol. The molecule has 7 nitrogen and oxygen atoms in total. The van der Waals surface area contributed by atoms with Crippen LogP contribution >= 0.6 is 0 Å². The van der Waals surface area contributed by atoms with E-state index in [2.05, 4.69) is 4.90 Å². The Labute approximate surface area is 198 Å². The van der Waals surface area contributed by atoms with Crippen LogP contribution in [0.25, 0.3) is 0 Å². The molecule has 0 saturated carbocycles. The molecule has 0 unspecified atom stereocenters. The Hall–Kier alpha value is -3.43. The number of halogens is 1. The number of ether oxygens (including phenoxy) is 2. The summed E-state index contributed by atoms with van der Waals surface area (Å²) in [6.45, 7) is 2.99. The van der Waals surface area contributed by atoms with Crippen LogP contribution < -0.4 is 9.47 Å². The molecule has 1 fully saturated rings. The van der Waals surface area contributed by atoms with E-state index in [1.54, 1.807) is 7.11 Å². The molecular formula is C25H24FN3O4S. The molecule has 1 saturated heterocycles. The lowest BCUT2D eigenvalue weighted by Crippen LogP contribution is -2.55. The average Bonchev–Trinajstić information content (AvgIpc) is 3.01. The quantitative estimate of drug-likeness (QED) is 0.554. The van der Waals surface area contributed by atoms with Gasteiger partial charge in [-0.25, -0.2) is 17.8 Å². The van der Waals surface area contributed by atoms with Gasteiger partial charge in [-0.05, 0) is 55.5 Å². The lowest BCUT2D eigenvalue weighted by molar-refractivity contribution is 0.205. The first kappa shape index (κ1) is 22.4. The number of benzene rings is 3. The summed E-state index contributed by atoms with van der Waals surface area (Å²) in [5.74, 6) is 2.01. The highest BCUT2D eigenvalue weighted by atomic mass is 32.2. The van der Waals surface area contributed by atoms with Crippen LogP contribution in [0.15, 0.2) is 76.6 Å². The van der Waals surface area contributed by atoms with Gasteiger partial charge in [-0.15, -0.1) is 0 Å². The molecule has 0 aliphatic carbocycles. The van der Waals surface area contributed by atoms with Crippen LogP contribution in [-0.2, 0) is 10.0 Å². The molecular weight excluding hydrogens is 457 g/mol. The van der Waals surface area contributed by atoms with Gasteiger partial charge >= 0.3 is 0 Å². The second-order valence-corrected chi connectivity index (χ2v) is 10.1. The molecule has 2 aliphatic heterocycles. The minimum atomic E-state index is -3.75. The fourth-order valence-electron chi connectivity index (χ4n) is 4.35. The summed E-state index contributed by atoms with van der Waals surface area (Å²) in [4.78, 5) is 7.08. The molecule has 0 bridgehead atoms. The largest absolute Gasteiger partial charge is 0.493 e. The minimum absolute atomic E-state index is 0.0819. The summed E-state index contributed by atoms with van der Waals surface area (Å²) >= 11 is 0. The predicted octanol–water partition coefficient (Wildman–Crippen LogP) is 4.41. The third kappa shape index (κ3) is 3.91. The Morgan fingerprint density at radius 3 is 2.53 bits per heavy atom. The highest BCUT2D eigenvalue weighted by Gasteiger charge is 2.36. The number of rotatable bonds is 3. The van der Waals surface area contributed by atoms with E-state index >= 15 is 0 Å². The Bertz CT molecular complexity index is 1360. The highest BCUT2D eigenvalue weighted by molar-refractivity contribution is 7.89. The first-order chi connectivity index (χ1) is 16.4. The topological polar surface area (TPSA) is 71.4 Å². The van der Waals surface area contributed by atoms with Crippen LogP contribution in [0.3, 0.4) is 0 Å². The molecule has 34 heavy (non-hydrogen) atoms. The summed E-state index contributed by atoms with van der Waals surface area (Å²) in [6.07, 6.45) is 0. The Kier molecular flexibility index (Phi) is 5.75. The highest BCUT2D eigenvalue weighted by Crippen LogP contribution is 2.43. The van der Waals surface area contributed by atoms with Crippen LogP contribution in [0.1, 0.15) is 12.5 Å². The van der Waals surface area contributed by atoms with E-state index in [1.165, 1.54) is 16.4 Å². The maximum Gasteiger partial charge on any atom is 0.243 e. The minimum Gasteiger partial charge on any atom is -0.493 e. The summed E-state index contributed by atoms with van der Waals surface area (Å²) in [6, 6.07) is 17.7. The number of sulfonamides is 1. The number of piperazine rings is 1. The number of para-hydroxylation sites is 3. The molecule has 0 N–H and O–H groups in total. The molecule has 0 spiro atoms. The van der Waals surface area contributed by atoms with Crippen LogP contribution in [-0.4, -0.2) is 56.2 Å². The van der Waals surface area contributed by atoms with E-state index in [1.807, 2.05) is 49.4 Å². The van der Waals surface area contributed by atoms with Crippen LogP contribution in [0.4, 0.5) is 10.1 Å². The monoisotopic (exact) mass is 481 g/mol. The van der Waals surface area contributed by atoms with Crippen LogP contribution in [0.2, 0.25) is 0 Å². The van der Waals surface area contributed by atoms with Gasteiger partial charge in [-0.3, -0.25) is 0 Å². The fourth-order valence-corrected chi connectivity index (χ4v) is 5.96. The lowest BCUT2D eigenvalue weighted by atomic mass is 10.1. The first-order valence-corrected chi connectivity index (χ1v) is 12.4. The van der Waals surface area contributed by atoms with Gasteiger partial charge in [0.05, 0.1) is 17.6 Å². The molecule has 2 heterocycles. The molecule has 0 aromatic heterocycles. The number of aliphatic imine (C=N–C) groups is 1. The van der Waals surface area contributed by atoms with Crippen molar-refractivity contribution in [2.75, 3.05) is 26.7 Å². The normalized spacial score (nSPS) is 18.3. The van der Waals surface area contributed by atoms with Gasteiger partial charge in [0.15, 0.2) is 17.2 Å². The summed E-state index contributed by atoms with van der Waals surface area (Å²) in [5.41, 5.74) is 1.46. The molecule has 3 aromatic carbocycles. The van der Waals surface area contributed by atoms with Crippen molar-refractivity contribution in [1.29, 1.82) is 0 Å². The van der Waals surface area contributed by atoms with Crippen LogP contribution in [0.5, 0.6) is 17.2 Å². The van der Waals surface area contributed by atoms with Gasteiger partial charge in [0.2, 0.25) is 10.0 Å². The number of nitrogens with zero attached hydrogens (tertiary/aromatic N) is 3. The summed E-state index contributed by atoms with van der Waals surface area (Å²) in [5, 5.41) is 0. The van der Waals surface area contributed by atoms with Gasteiger partial charge in [-0.2, -0.15) is 4.31 Å². The number of amidine groups is 1. The number of hydrogen-bond donors (Lipinski definition) is 0. The zero-order chi connectivity index (χ0) is 23.9. The summed E-state index contributed by atoms with van der Waals surface area (Å²) < 4.78 is 53.0. The Morgan fingerprint density at radius 1 is 1.03 bits per heavy atom. The second kappa shape index (κ2) is 8.73. The van der Waals surface area contributed by atoms with E-state index in [-0.39, 0.29) is 17.5 Å². The number of methoxy groups -OCH3 is 1. The van der Waals surface area contributed by atoms with Crippen molar-refractivity contribution in [3.8, 4) is 17.2 Å². The molecule has 3 aromatic rings. The molecule has 176 valence electrons. The fraction of sp³-hybridized carbons (Fsp3) is 0.240. The first-order valence-electron chi connectivity index (χ1n) is 10.9. The van der Waals surface area contributed by atoms with Crippen molar-refractivity contribution in [2.45, 2.75) is 17.9 Å². The second-order valence-electron chi connectivity index (χ2n) is 8.21. The van der Waals surface area contributed by atoms with E-state index < -0.39 is 15.8 Å². The van der Waals surface area contributed by atoms with Crippen molar-refractivity contribution < 1.29 is 22.3 Å². The standard InChI is InChI=1S/C25H24FN3O4S/c1-17-16-28(14-15-29(17)34(30,31)19-12-10-18(26)11-13-19)25-20-6-5-9-23(32-2)24(20)33-22-8-4-3-7-21(22)27-25/h3-13,17H,14-16H2,1-2H3/t17-/m1/s1. The molecule has 0 amide bonds. The maximum atomic E-state index is 13.3. The number of hydrogen-bond acceptors (Lipinski definition) is 6. The van der Waals surface area contributed by atoms with Crippen molar-refractivity contribution in [3.05, 3.63) is 78.1 Å². The SMILES string of the molecule is COc1cccc2c1Oc1ccccc1N=C2N1CCN(S(=O)(=O)c2ccc(F)cc2)[C@H](C)C1. The van der Waals surface area contributed by atoms with Gasteiger partial charge in [0.1, 0.15) is 17.3 Å². The Morgan fingerprint density at radius 2 is 1.79 bits per heavy atom. The van der Waals surface area contributed by atoms with Crippen LogP contribution in [0, 0.1) is 5.82 Å². The third-order valence-electron chi connectivity index (χ3n) is 6.03. The van der Waals surface area contributed by atoms with E-state index in [4.69, 9.17) is 14.5 Å². The van der Waals surface area contributed by atoms with Crippen molar-refractivity contribution in [1.82, 2.24) is 9.21 Å². The van der Waals surface area contributed by atoms with Gasteiger partial charge in [0, 0.05) is 25.7 Å². The maximum absolute atomic E-state index is 13.3. The lowest BCUT2D eigenvalue weighted by Gasteiger charge is -2.40. The van der Waals surface area contributed by atoms with Gasteiger partial charge < -0.3 is 14.4 Å². The molecule has 9 heteroatoms. The third-order valence-corrected chi connectivity index (χ3v) is 8.06. The van der Waals surface area contributed by atoms with Gasteiger partial charge in [0.25, 0.3) is 0 Å².